The summed E-state index contributed by atoms with van der Waals surface area (Å²) in [5, 5.41) is 0. The van der Waals surface area contributed by atoms with Gasteiger partial charge in [-0.15, -0.1) is 0 Å². The standard InChI is InChI=1S/C13H11NO5/c15-12(14-5-8-4-9(14)13(16)19-8)7-1-2-10-11(3-7)18-6-17-10/h1-3,8-9H,4-6H2/t8-,9-/m1/s1. The van der Waals surface area contributed by atoms with Crippen molar-refractivity contribution in [3.8, 4) is 11.5 Å². The first-order valence-corrected chi connectivity index (χ1v) is 6.13. The summed E-state index contributed by atoms with van der Waals surface area (Å²) in [7, 11) is 0. The summed E-state index contributed by atoms with van der Waals surface area (Å²) in [4.78, 5) is 25.5. The number of rotatable bonds is 1. The quantitative estimate of drug-likeness (QED) is 0.691. The molecule has 1 amide bonds. The number of hydrogen-bond donors (Lipinski definition) is 0. The molecule has 1 aromatic carbocycles. The van der Waals surface area contributed by atoms with E-state index in [9.17, 15) is 9.59 Å². The van der Waals surface area contributed by atoms with E-state index < -0.39 is 6.04 Å². The van der Waals surface area contributed by atoms with E-state index in [0.717, 1.165) is 0 Å². The van der Waals surface area contributed by atoms with Crippen LogP contribution in [-0.4, -0.2) is 42.3 Å². The van der Waals surface area contributed by atoms with Crippen molar-refractivity contribution < 1.29 is 23.8 Å². The highest BCUT2D eigenvalue weighted by Gasteiger charge is 2.48. The summed E-state index contributed by atoms with van der Waals surface area (Å²) >= 11 is 0. The topological polar surface area (TPSA) is 65.1 Å². The summed E-state index contributed by atoms with van der Waals surface area (Å²) in [6.07, 6.45) is 0.463. The van der Waals surface area contributed by atoms with Crippen molar-refractivity contribution in [1.29, 1.82) is 0 Å². The van der Waals surface area contributed by atoms with Gasteiger partial charge in [0.05, 0.1) is 6.54 Å². The van der Waals surface area contributed by atoms with Crippen LogP contribution in [0, 0.1) is 0 Å². The van der Waals surface area contributed by atoms with Crippen LogP contribution in [-0.2, 0) is 9.53 Å². The molecule has 2 saturated heterocycles. The number of amides is 1. The van der Waals surface area contributed by atoms with Gasteiger partial charge in [-0.1, -0.05) is 0 Å². The van der Waals surface area contributed by atoms with Crippen molar-refractivity contribution in [3.63, 3.8) is 0 Å². The van der Waals surface area contributed by atoms with E-state index in [2.05, 4.69) is 0 Å². The normalized spacial score (nSPS) is 26.7. The Morgan fingerprint density at radius 2 is 2.11 bits per heavy atom. The summed E-state index contributed by atoms with van der Waals surface area (Å²) in [5.41, 5.74) is 0.504. The lowest BCUT2D eigenvalue weighted by Gasteiger charge is -2.25. The molecule has 98 valence electrons. The maximum absolute atomic E-state index is 12.4. The average molecular weight is 261 g/mol. The Hall–Kier alpha value is -2.24. The summed E-state index contributed by atoms with van der Waals surface area (Å²) in [6.45, 7) is 0.650. The third kappa shape index (κ3) is 1.49. The minimum absolute atomic E-state index is 0.143. The summed E-state index contributed by atoms with van der Waals surface area (Å²) in [6, 6.07) is 4.63. The summed E-state index contributed by atoms with van der Waals surface area (Å²) < 4.78 is 15.5. The molecule has 6 nitrogen and oxygen atoms in total. The minimum atomic E-state index is -0.428. The van der Waals surface area contributed by atoms with Gasteiger partial charge in [0, 0.05) is 12.0 Å². The van der Waals surface area contributed by atoms with Crippen molar-refractivity contribution >= 4 is 11.9 Å². The molecule has 2 atom stereocenters. The van der Waals surface area contributed by atoms with Crippen molar-refractivity contribution in [2.75, 3.05) is 13.3 Å². The van der Waals surface area contributed by atoms with Crippen LogP contribution in [0.1, 0.15) is 16.8 Å². The van der Waals surface area contributed by atoms with Crippen molar-refractivity contribution in [2.45, 2.75) is 18.6 Å². The molecule has 4 rings (SSSR count). The van der Waals surface area contributed by atoms with Gasteiger partial charge in [-0.2, -0.15) is 0 Å². The van der Waals surface area contributed by atoms with Crippen LogP contribution in [0.25, 0.3) is 0 Å². The van der Waals surface area contributed by atoms with Crippen LogP contribution < -0.4 is 9.47 Å². The number of carbonyl (C=O) groups excluding carboxylic acids is 2. The van der Waals surface area contributed by atoms with E-state index >= 15 is 0 Å². The molecule has 0 spiro atoms. The zero-order valence-corrected chi connectivity index (χ0v) is 10.00. The van der Waals surface area contributed by atoms with Crippen LogP contribution in [0.4, 0.5) is 0 Å². The summed E-state index contributed by atoms with van der Waals surface area (Å²) in [5.74, 6) is 0.740. The lowest BCUT2D eigenvalue weighted by Crippen LogP contribution is -2.44. The number of benzene rings is 1. The second kappa shape index (κ2) is 3.63. The maximum atomic E-state index is 12.4. The third-order valence-electron chi connectivity index (χ3n) is 3.70. The predicted molar refractivity (Wildman–Crippen MR) is 61.9 cm³/mol. The molecule has 6 heteroatoms. The average Bonchev–Trinajstić information content (AvgIpc) is 3.10. The molecule has 0 aromatic heterocycles. The molecule has 0 radical (unpaired) electrons. The van der Waals surface area contributed by atoms with E-state index in [1.54, 1.807) is 23.1 Å². The largest absolute Gasteiger partial charge is 0.459 e. The molecule has 3 aliphatic rings. The number of likely N-dealkylation sites (tertiary alicyclic amines) is 1. The number of nitrogens with zero attached hydrogens (tertiary/aromatic N) is 1. The van der Waals surface area contributed by atoms with Gasteiger partial charge in [-0.25, -0.2) is 4.79 Å². The van der Waals surface area contributed by atoms with E-state index in [4.69, 9.17) is 14.2 Å². The van der Waals surface area contributed by atoms with Gasteiger partial charge in [0.15, 0.2) is 11.5 Å². The molecule has 2 bridgehead atoms. The molecule has 0 aliphatic carbocycles. The minimum Gasteiger partial charge on any atom is -0.459 e. The second-order valence-corrected chi connectivity index (χ2v) is 4.84. The molecule has 1 aromatic rings. The molecule has 0 N–H and O–H groups in total. The van der Waals surface area contributed by atoms with Gasteiger partial charge < -0.3 is 19.1 Å². The highest BCUT2D eigenvalue weighted by molar-refractivity contribution is 5.98. The van der Waals surface area contributed by atoms with E-state index in [1.807, 2.05) is 0 Å². The van der Waals surface area contributed by atoms with Crippen LogP contribution in [0.15, 0.2) is 18.2 Å². The first kappa shape index (κ1) is 10.7. The van der Waals surface area contributed by atoms with Crippen molar-refractivity contribution in [3.05, 3.63) is 23.8 Å². The predicted octanol–water partition coefficient (Wildman–Crippen LogP) is 0.555. The van der Waals surface area contributed by atoms with E-state index in [1.165, 1.54) is 0 Å². The van der Waals surface area contributed by atoms with Gasteiger partial charge in [0.25, 0.3) is 5.91 Å². The lowest BCUT2D eigenvalue weighted by molar-refractivity contribution is -0.149. The Morgan fingerprint density at radius 3 is 2.89 bits per heavy atom. The third-order valence-corrected chi connectivity index (χ3v) is 3.70. The molecular weight excluding hydrogens is 250 g/mol. The zero-order chi connectivity index (χ0) is 13.0. The number of morpholine rings is 1. The smallest absolute Gasteiger partial charge is 0.329 e. The fourth-order valence-electron chi connectivity index (χ4n) is 2.77. The monoisotopic (exact) mass is 261 g/mol. The van der Waals surface area contributed by atoms with Crippen LogP contribution >= 0.6 is 0 Å². The molecule has 19 heavy (non-hydrogen) atoms. The van der Waals surface area contributed by atoms with Crippen LogP contribution in [0.3, 0.4) is 0 Å². The number of ether oxygens (including phenoxy) is 3. The van der Waals surface area contributed by atoms with Crippen molar-refractivity contribution in [1.82, 2.24) is 4.90 Å². The molecule has 0 saturated carbocycles. The Bertz CT molecular complexity index is 584. The first-order valence-electron chi connectivity index (χ1n) is 6.13. The zero-order valence-electron chi connectivity index (χ0n) is 10.00. The maximum Gasteiger partial charge on any atom is 0.329 e. The highest BCUT2D eigenvalue weighted by atomic mass is 16.7. The fourth-order valence-corrected chi connectivity index (χ4v) is 2.77. The van der Waals surface area contributed by atoms with E-state index in [-0.39, 0.29) is 24.8 Å². The number of hydrogen-bond acceptors (Lipinski definition) is 5. The Morgan fingerprint density at radius 1 is 1.26 bits per heavy atom. The van der Waals surface area contributed by atoms with Crippen LogP contribution in [0.2, 0.25) is 0 Å². The molecule has 2 fully saturated rings. The molecule has 3 aliphatic heterocycles. The highest BCUT2D eigenvalue weighted by Crippen LogP contribution is 2.35. The van der Waals surface area contributed by atoms with Crippen molar-refractivity contribution in [2.24, 2.45) is 0 Å². The first-order chi connectivity index (χ1) is 9.22. The molecule has 0 unspecified atom stereocenters. The lowest BCUT2D eigenvalue weighted by atomic mass is 10.1. The Labute approximate surface area is 108 Å². The SMILES string of the molecule is O=C1O[C@@H]2C[C@H]1N(C(=O)c1ccc3c(c1)OCO3)C2. The van der Waals surface area contributed by atoms with Gasteiger partial charge in [-0.05, 0) is 18.2 Å². The number of carbonyl (C=O) groups is 2. The molecule has 3 heterocycles. The van der Waals surface area contributed by atoms with E-state index in [0.29, 0.717) is 30.0 Å². The van der Waals surface area contributed by atoms with Gasteiger partial charge in [0.2, 0.25) is 6.79 Å². The fraction of sp³-hybridized carbons (Fsp3) is 0.385. The van der Waals surface area contributed by atoms with Gasteiger partial charge >= 0.3 is 5.97 Å². The number of esters is 1. The second-order valence-electron chi connectivity index (χ2n) is 4.84. The van der Waals surface area contributed by atoms with Gasteiger partial charge in [-0.3, -0.25) is 4.79 Å². The number of fused-ring (bicyclic) bond motifs is 3. The van der Waals surface area contributed by atoms with Crippen LogP contribution in [0.5, 0.6) is 11.5 Å². The molecular formula is C13H11NO5. The Kier molecular flexibility index (Phi) is 2.04. The van der Waals surface area contributed by atoms with Gasteiger partial charge in [0.1, 0.15) is 12.1 Å². The Balaban J connectivity index is 1.63.